The van der Waals surface area contributed by atoms with Crippen LogP contribution in [0.5, 0.6) is 0 Å². The summed E-state index contributed by atoms with van der Waals surface area (Å²) in [5.41, 5.74) is 0. The smallest absolute Gasteiger partial charge is 0.306 e. The minimum atomic E-state index is -0.814. The van der Waals surface area contributed by atoms with Crippen molar-refractivity contribution in [3.63, 3.8) is 0 Å². The van der Waals surface area contributed by atoms with Crippen LogP contribution >= 0.6 is 0 Å². The van der Waals surface area contributed by atoms with Gasteiger partial charge in [0, 0.05) is 12.8 Å². The molecule has 1 atom stereocenters. The third-order valence-corrected chi connectivity index (χ3v) is 12.8. The van der Waals surface area contributed by atoms with Gasteiger partial charge in [0.15, 0.2) is 6.10 Å². The van der Waals surface area contributed by atoms with Gasteiger partial charge in [0.2, 0.25) is 0 Å². The van der Waals surface area contributed by atoms with Crippen molar-refractivity contribution < 1.29 is 24.2 Å². The molecule has 0 aliphatic carbocycles. The molecular formula is C71H114O5. The third-order valence-electron chi connectivity index (χ3n) is 12.8. The first-order valence-corrected chi connectivity index (χ1v) is 31.0. The number of hydrogen-bond acceptors (Lipinski definition) is 5. The van der Waals surface area contributed by atoms with Gasteiger partial charge in [-0.3, -0.25) is 9.59 Å². The van der Waals surface area contributed by atoms with Crippen molar-refractivity contribution in [2.75, 3.05) is 13.2 Å². The summed E-state index contributed by atoms with van der Waals surface area (Å²) in [5.74, 6) is -0.664. The summed E-state index contributed by atoms with van der Waals surface area (Å²) in [4.78, 5) is 24.6. The highest BCUT2D eigenvalue weighted by Gasteiger charge is 2.16. The summed E-state index contributed by atoms with van der Waals surface area (Å²) < 4.78 is 10.7. The fraction of sp³-hybridized carbons (Fsp3) is 0.606. The molecule has 0 aromatic carbocycles. The van der Waals surface area contributed by atoms with E-state index in [9.17, 15) is 14.7 Å². The van der Waals surface area contributed by atoms with Crippen molar-refractivity contribution in [2.45, 2.75) is 264 Å². The molecule has 76 heavy (non-hydrogen) atoms. The quantitative estimate of drug-likeness (QED) is 0.0373. The van der Waals surface area contributed by atoms with E-state index < -0.39 is 6.10 Å². The molecule has 0 rings (SSSR count). The molecule has 0 aliphatic heterocycles. The van der Waals surface area contributed by atoms with Crippen LogP contribution in [0.15, 0.2) is 158 Å². The van der Waals surface area contributed by atoms with Gasteiger partial charge < -0.3 is 14.6 Å². The second kappa shape index (κ2) is 64.8. The highest BCUT2D eigenvalue weighted by molar-refractivity contribution is 5.70. The molecule has 0 fully saturated rings. The molecule has 1 N–H and O–H groups in total. The van der Waals surface area contributed by atoms with Crippen LogP contribution in [0.4, 0.5) is 0 Å². The van der Waals surface area contributed by atoms with Crippen molar-refractivity contribution >= 4 is 11.9 Å². The van der Waals surface area contributed by atoms with E-state index in [1.165, 1.54) is 116 Å². The first-order chi connectivity index (χ1) is 37.6. The number of hydrogen-bond donors (Lipinski definition) is 1. The van der Waals surface area contributed by atoms with Crippen LogP contribution < -0.4 is 0 Å². The molecule has 0 heterocycles. The average molecular weight is 1050 g/mol. The standard InChI is InChI=1S/C71H114O5/c1-3-5-7-9-11-13-15-17-19-21-23-25-27-29-31-33-34-35-36-38-39-41-43-45-47-49-51-53-55-57-59-61-63-65-70(73)75-68-69(67-72)76-71(74)66-64-62-60-58-56-54-52-50-48-46-44-42-40-37-32-30-28-26-24-22-20-18-16-14-12-10-8-6-4-2/h5-8,11-14,17-20,23-26,30,32,40,42,46,48,52,54,58,60,69,72H,3-4,9-10,15-16,21-22,27-29,31,33-39,41,43-45,47,49-51,53,55-57,59,61-68H2,1-2H3/b7-5-,8-6-,13-11-,14-12-,19-17-,20-18-,25-23-,26-24-,32-30-,42-40-,48-46-,54-52-,60-58-. The molecular weight excluding hydrogens is 933 g/mol. The zero-order chi connectivity index (χ0) is 54.8. The van der Waals surface area contributed by atoms with Gasteiger partial charge in [-0.1, -0.05) is 287 Å². The Bertz CT molecular complexity index is 1660. The number of esters is 2. The number of aliphatic hydroxyl groups excluding tert-OH is 1. The normalized spacial score (nSPS) is 13.4. The lowest BCUT2D eigenvalue weighted by Crippen LogP contribution is -2.28. The number of aliphatic hydroxyl groups is 1. The topological polar surface area (TPSA) is 72.8 Å². The van der Waals surface area contributed by atoms with Gasteiger partial charge in [0.25, 0.3) is 0 Å². The minimum Gasteiger partial charge on any atom is -0.462 e. The molecule has 0 spiro atoms. The monoisotopic (exact) mass is 1050 g/mol. The van der Waals surface area contributed by atoms with E-state index in [0.717, 1.165) is 109 Å². The van der Waals surface area contributed by atoms with E-state index in [1.807, 2.05) is 0 Å². The van der Waals surface area contributed by atoms with E-state index >= 15 is 0 Å². The van der Waals surface area contributed by atoms with Gasteiger partial charge in [0.1, 0.15) is 6.61 Å². The first kappa shape index (κ1) is 71.5. The highest BCUT2D eigenvalue weighted by Crippen LogP contribution is 2.16. The maximum Gasteiger partial charge on any atom is 0.306 e. The summed E-state index contributed by atoms with van der Waals surface area (Å²) >= 11 is 0. The number of allylic oxidation sites excluding steroid dienone is 26. The number of unbranched alkanes of at least 4 members (excludes halogenated alkanes) is 21. The number of rotatable bonds is 55. The number of ether oxygens (including phenoxy) is 2. The predicted octanol–water partition coefficient (Wildman–Crippen LogP) is 21.5. The van der Waals surface area contributed by atoms with E-state index in [2.05, 4.69) is 172 Å². The summed E-state index contributed by atoms with van der Waals surface area (Å²) in [6, 6.07) is 0. The largest absolute Gasteiger partial charge is 0.462 e. The summed E-state index contributed by atoms with van der Waals surface area (Å²) in [6.45, 7) is 3.87. The van der Waals surface area contributed by atoms with Gasteiger partial charge in [-0.2, -0.15) is 0 Å². The van der Waals surface area contributed by atoms with E-state index in [4.69, 9.17) is 9.47 Å². The van der Waals surface area contributed by atoms with Gasteiger partial charge in [-0.25, -0.2) is 0 Å². The van der Waals surface area contributed by atoms with Crippen LogP contribution in [0.2, 0.25) is 0 Å². The Morgan fingerprint density at radius 1 is 0.303 bits per heavy atom. The Balaban J connectivity index is 3.59. The van der Waals surface area contributed by atoms with Gasteiger partial charge in [-0.15, -0.1) is 0 Å². The van der Waals surface area contributed by atoms with Crippen LogP contribution in [0.25, 0.3) is 0 Å². The Morgan fingerprint density at radius 3 is 0.829 bits per heavy atom. The van der Waals surface area contributed by atoms with Crippen LogP contribution in [0.3, 0.4) is 0 Å². The molecule has 0 saturated carbocycles. The Kier molecular flexibility index (Phi) is 61.0. The van der Waals surface area contributed by atoms with Crippen molar-refractivity contribution in [2.24, 2.45) is 0 Å². The predicted molar refractivity (Wildman–Crippen MR) is 334 cm³/mol. The molecule has 0 saturated heterocycles. The van der Waals surface area contributed by atoms with Crippen molar-refractivity contribution in [1.82, 2.24) is 0 Å². The molecule has 5 nitrogen and oxygen atoms in total. The molecule has 428 valence electrons. The Morgan fingerprint density at radius 2 is 0.539 bits per heavy atom. The summed E-state index contributed by atoms with van der Waals surface area (Å²) in [7, 11) is 0. The Hall–Kier alpha value is -4.48. The van der Waals surface area contributed by atoms with E-state index in [1.54, 1.807) is 0 Å². The number of carbonyl (C=O) groups excluding carboxylic acids is 2. The van der Waals surface area contributed by atoms with E-state index in [0.29, 0.717) is 12.8 Å². The lowest BCUT2D eigenvalue weighted by atomic mass is 10.0. The summed E-state index contributed by atoms with van der Waals surface area (Å²) in [6.07, 6.45) is 99.6. The SMILES string of the molecule is CC/C=C\C/C=C\C/C=C\C/C=C\C/C=C\C/C=C\C/C=C\C/C=C\C/C=C\CCCC(=O)OC(CO)COC(=O)CCCCCCCCCCCCCCCCCCCCCC/C=C\C/C=C\C/C=C\C/C=C\CC. The minimum absolute atomic E-state index is 0.0969. The average Bonchev–Trinajstić information content (AvgIpc) is 3.42. The lowest BCUT2D eigenvalue weighted by Gasteiger charge is -2.15. The van der Waals surface area contributed by atoms with Crippen LogP contribution in [-0.2, 0) is 19.1 Å². The Labute approximate surface area is 469 Å². The van der Waals surface area contributed by atoms with Crippen molar-refractivity contribution in [3.05, 3.63) is 158 Å². The molecule has 1 unspecified atom stereocenters. The maximum absolute atomic E-state index is 12.3. The van der Waals surface area contributed by atoms with Crippen LogP contribution in [-0.4, -0.2) is 36.4 Å². The maximum atomic E-state index is 12.3. The van der Waals surface area contributed by atoms with Crippen molar-refractivity contribution in [1.29, 1.82) is 0 Å². The van der Waals surface area contributed by atoms with Gasteiger partial charge >= 0.3 is 11.9 Å². The first-order valence-electron chi connectivity index (χ1n) is 31.0. The van der Waals surface area contributed by atoms with E-state index in [-0.39, 0.29) is 31.6 Å². The van der Waals surface area contributed by atoms with Crippen LogP contribution in [0, 0.1) is 0 Å². The van der Waals surface area contributed by atoms with Gasteiger partial charge in [-0.05, 0) is 116 Å². The van der Waals surface area contributed by atoms with Crippen molar-refractivity contribution in [3.8, 4) is 0 Å². The van der Waals surface area contributed by atoms with Crippen LogP contribution in [0.1, 0.15) is 258 Å². The molecule has 0 bridgehead atoms. The molecule has 0 radical (unpaired) electrons. The fourth-order valence-corrected chi connectivity index (χ4v) is 8.25. The summed E-state index contributed by atoms with van der Waals surface area (Å²) in [5, 5.41) is 9.67. The molecule has 0 aromatic heterocycles. The lowest BCUT2D eigenvalue weighted by molar-refractivity contribution is -0.161. The molecule has 0 aromatic rings. The number of carbonyl (C=O) groups is 2. The zero-order valence-corrected chi connectivity index (χ0v) is 49.0. The second-order valence-electron chi connectivity index (χ2n) is 20.0. The molecule has 0 aliphatic rings. The molecule has 0 amide bonds. The molecule has 5 heteroatoms. The zero-order valence-electron chi connectivity index (χ0n) is 49.0. The highest BCUT2D eigenvalue weighted by atomic mass is 16.6. The van der Waals surface area contributed by atoms with Gasteiger partial charge in [0.05, 0.1) is 6.61 Å². The second-order valence-corrected chi connectivity index (χ2v) is 20.0. The third kappa shape index (κ3) is 62.1. The fourth-order valence-electron chi connectivity index (χ4n) is 8.25.